The van der Waals surface area contributed by atoms with Gasteiger partial charge in [0, 0.05) is 23.8 Å². The van der Waals surface area contributed by atoms with Crippen molar-refractivity contribution < 1.29 is 0 Å². The van der Waals surface area contributed by atoms with Gasteiger partial charge in [0.25, 0.3) is 0 Å². The van der Waals surface area contributed by atoms with Crippen LogP contribution in [0.5, 0.6) is 0 Å². The summed E-state index contributed by atoms with van der Waals surface area (Å²) in [5, 5.41) is 0. The van der Waals surface area contributed by atoms with Crippen LogP contribution in [0, 0.1) is 5.92 Å². The summed E-state index contributed by atoms with van der Waals surface area (Å²) < 4.78 is 2.14. The van der Waals surface area contributed by atoms with E-state index in [1.54, 1.807) is 0 Å². The first-order valence-electron chi connectivity index (χ1n) is 5.23. The zero-order valence-corrected chi connectivity index (χ0v) is 11.9. The first-order chi connectivity index (χ1) is 7.18. The number of hydrogen-bond donors (Lipinski definition) is 0. The van der Waals surface area contributed by atoms with Crippen molar-refractivity contribution in [1.29, 1.82) is 0 Å². The SMILES string of the molecule is CC1CCN(c2nccc(Br)c2Br)CC1. The van der Waals surface area contributed by atoms with Crippen LogP contribution in [-0.4, -0.2) is 18.1 Å². The Hall–Kier alpha value is -0.0900. The zero-order valence-electron chi connectivity index (χ0n) is 8.71. The molecule has 0 saturated carbocycles. The standard InChI is InChI=1S/C11H14Br2N2/c1-8-3-6-15(7-4-8)11-10(13)9(12)2-5-14-11/h2,5,8H,3-4,6-7H2,1H3. The molecule has 82 valence electrons. The van der Waals surface area contributed by atoms with Crippen LogP contribution in [-0.2, 0) is 0 Å². The second-order valence-corrected chi connectivity index (χ2v) is 5.75. The van der Waals surface area contributed by atoms with E-state index < -0.39 is 0 Å². The molecule has 0 spiro atoms. The van der Waals surface area contributed by atoms with Gasteiger partial charge in [-0.2, -0.15) is 0 Å². The molecule has 0 unspecified atom stereocenters. The summed E-state index contributed by atoms with van der Waals surface area (Å²) in [6.45, 7) is 4.55. The first-order valence-corrected chi connectivity index (χ1v) is 6.82. The molecule has 0 bridgehead atoms. The summed E-state index contributed by atoms with van der Waals surface area (Å²) in [7, 11) is 0. The number of hydrogen-bond acceptors (Lipinski definition) is 2. The predicted molar refractivity (Wildman–Crippen MR) is 70.2 cm³/mol. The van der Waals surface area contributed by atoms with Crippen molar-refractivity contribution in [2.75, 3.05) is 18.0 Å². The van der Waals surface area contributed by atoms with Crippen LogP contribution in [0.1, 0.15) is 19.8 Å². The molecule has 0 radical (unpaired) electrons. The van der Waals surface area contributed by atoms with E-state index >= 15 is 0 Å². The van der Waals surface area contributed by atoms with E-state index in [1.807, 2.05) is 12.3 Å². The number of halogens is 2. The normalized spacial score (nSPS) is 18.2. The largest absolute Gasteiger partial charge is 0.356 e. The number of pyridine rings is 1. The summed E-state index contributed by atoms with van der Waals surface area (Å²) >= 11 is 7.09. The van der Waals surface area contributed by atoms with E-state index in [0.717, 1.165) is 33.8 Å². The van der Waals surface area contributed by atoms with Gasteiger partial charge in [-0.05, 0) is 56.7 Å². The summed E-state index contributed by atoms with van der Waals surface area (Å²) in [5.74, 6) is 1.92. The number of rotatable bonds is 1. The van der Waals surface area contributed by atoms with Crippen LogP contribution in [0.3, 0.4) is 0 Å². The average Bonchev–Trinajstić information content (AvgIpc) is 2.24. The van der Waals surface area contributed by atoms with Gasteiger partial charge in [-0.15, -0.1) is 0 Å². The van der Waals surface area contributed by atoms with Gasteiger partial charge in [0.15, 0.2) is 0 Å². The molecular weight excluding hydrogens is 320 g/mol. The molecule has 1 aromatic heterocycles. The highest BCUT2D eigenvalue weighted by Crippen LogP contribution is 2.32. The fourth-order valence-electron chi connectivity index (χ4n) is 1.85. The Balaban J connectivity index is 2.19. The van der Waals surface area contributed by atoms with Gasteiger partial charge >= 0.3 is 0 Å². The number of nitrogens with zero attached hydrogens (tertiary/aromatic N) is 2. The van der Waals surface area contributed by atoms with Crippen molar-refractivity contribution in [2.45, 2.75) is 19.8 Å². The predicted octanol–water partition coefficient (Wildman–Crippen LogP) is 3.84. The quantitative estimate of drug-likeness (QED) is 0.776. The lowest BCUT2D eigenvalue weighted by Gasteiger charge is -2.31. The van der Waals surface area contributed by atoms with E-state index in [4.69, 9.17) is 0 Å². The molecule has 2 heterocycles. The van der Waals surface area contributed by atoms with Crippen LogP contribution >= 0.6 is 31.9 Å². The zero-order chi connectivity index (χ0) is 10.8. The topological polar surface area (TPSA) is 16.1 Å². The Morgan fingerprint density at radius 1 is 1.33 bits per heavy atom. The molecule has 0 aromatic carbocycles. The van der Waals surface area contributed by atoms with E-state index in [-0.39, 0.29) is 0 Å². The lowest BCUT2D eigenvalue weighted by Crippen LogP contribution is -2.33. The smallest absolute Gasteiger partial charge is 0.144 e. The molecule has 2 rings (SSSR count). The van der Waals surface area contributed by atoms with Gasteiger partial charge < -0.3 is 4.90 Å². The lowest BCUT2D eigenvalue weighted by atomic mass is 9.99. The third-order valence-corrected chi connectivity index (χ3v) is 4.88. The molecule has 1 fully saturated rings. The summed E-state index contributed by atoms with van der Waals surface area (Å²) in [4.78, 5) is 6.79. The van der Waals surface area contributed by atoms with Gasteiger partial charge in [-0.3, -0.25) is 0 Å². The van der Waals surface area contributed by atoms with Crippen LogP contribution in [0.15, 0.2) is 21.2 Å². The minimum Gasteiger partial charge on any atom is -0.356 e. The highest BCUT2D eigenvalue weighted by atomic mass is 79.9. The Bertz CT molecular complexity index is 346. The Labute approximate surface area is 107 Å². The number of piperidine rings is 1. The van der Waals surface area contributed by atoms with E-state index in [1.165, 1.54) is 12.8 Å². The molecule has 1 aromatic rings. The molecule has 1 saturated heterocycles. The van der Waals surface area contributed by atoms with Crippen molar-refractivity contribution in [2.24, 2.45) is 5.92 Å². The number of aromatic nitrogens is 1. The minimum atomic E-state index is 0.854. The molecule has 15 heavy (non-hydrogen) atoms. The van der Waals surface area contributed by atoms with Crippen molar-refractivity contribution >= 4 is 37.7 Å². The van der Waals surface area contributed by atoms with Gasteiger partial charge in [-0.25, -0.2) is 4.98 Å². The van der Waals surface area contributed by atoms with Crippen LogP contribution in [0.25, 0.3) is 0 Å². The molecule has 0 atom stereocenters. The van der Waals surface area contributed by atoms with Crippen LogP contribution < -0.4 is 4.90 Å². The molecular formula is C11H14Br2N2. The lowest BCUT2D eigenvalue weighted by molar-refractivity contribution is 0.436. The first kappa shape index (κ1) is 11.4. The molecule has 2 nitrogen and oxygen atoms in total. The van der Waals surface area contributed by atoms with Crippen LogP contribution in [0.2, 0.25) is 0 Å². The maximum atomic E-state index is 4.44. The highest BCUT2D eigenvalue weighted by Gasteiger charge is 2.19. The second-order valence-electron chi connectivity index (χ2n) is 4.10. The summed E-state index contributed by atoms with van der Waals surface area (Å²) in [5.41, 5.74) is 0. The number of anilines is 1. The van der Waals surface area contributed by atoms with Gasteiger partial charge in [-0.1, -0.05) is 6.92 Å². The van der Waals surface area contributed by atoms with Gasteiger partial charge in [0.1, 0.15) is 5.82 Å². The van der Waals surface area contributed by atoms with E-state index in [0.29, 0.717) is 0 Å². The van der Waals surface area contributed by atoms with Crippen LogP contribution in [0.4, 0.5) is 5.82 Å². The van der Waals surface area contributed by atoms with Gasteiger partial charge in [0.2, 0.25) is 0 Å². The average molecular weight is 334 g/mol. The van der Waals surface area contributed by atoms with Gasteiger partial charge in [0.05, 0.1) is 4.47 Å². The monoisotopic (exact) mass is 332 g/mol. The minimum absolute atomic E-state index is 0.854. The summed E-state index contributed by atoms with van der Waals surface area (Å²) in [6.07, 6.45) is 4.38. The fraction of sp³-hybridized carbons (Fsp3) is 0.545. The molecule has 4 heteroatoms. The van der Waals surface area contributed by atoms with E-state index in [9.17, 15) is 0 Å². The molecule has 0 amide bonds. The van der Waals surface area contributed by atoms with Crippen molar-refractivity contribution in [3.05, 3.63) is 21.2 Å². The summed E-state index contributed by atoms with van der Waals surface area (Å²) in [6, 6.07) is 1.96. The Morgan fingerprint density at radius 2 is 2.00 bits per heavy atom. The third-order valence-electron chi connectivity index (χ3n) is 2.91. The Morgan fingerprint density at radius 3 is 2.67 bits per heavy atom. The van der Waals surface area contributed by atoms with Crippen molar-refractivity contribution in [3.8, 4) is 0 Å². The fourth-order valence-corrected chi connectivity index (χ4v) is 2.63. The maximum absolute atomic E-state index is 4.44. The third kappa shape index (κ3) is 2.53. The molecule has 1 aliphatic heterocycles. The molecule has 1 aliphatic rings. The van der Waals surface area contributed by atoms with E-state index in [2.05, 4.69) is 48.7 Å². The van der Waals surface area contributed by atoms with Crippen molar-refractivity contribution in [3.63, 3.8) is 0 Å². The maximum Gasteiger partial charge on any atom is 0.144 e. The second kappa shape index (κ2) is 4.83. The molecule has 0 aliphatic carbocycles. The Kier molecular flexibility index (Phi) is 3.67. The van der Waals surface area contributed by atoms with Crippen molar-refractivity contribution in [1.82, 2.24) is 4.98 Å². The highest BCUT2D eigenvalue weighted by molar-refractivity contribution is 9.13. The molecule has 0 N–H and O–H groups in total.